The number of sulfone groups is 1. The van der Waals surface area contributed by atoms with Gasteiger partial charge in [0.25, 0.3) is 0 Å². The second-order valence-corrected chi connectivity index (χ2v) is 8.29. The molecule has 1 fully saturated rings. The van der Waals surface area contributed by atoms with Crippen molar-refractivity contribution in [2.75, 3.05) is 18.8 Å². The van der Waals surface area contributed by atoms with Crippen molar-refractivity contribution in [2.24, 2.45) is 0 Å². The van der Waals surface area contributed by atoms with Gasteiger partial charge in [0.05, 0.1) is 10.6 Å². The zero-order chi connectivity index (χ0) is 15.7. The third-order valence-corrected chi connectivity index (χ3v) is 6.27. The lowest BCUT2D eigenvalue weighted by atomic mass is 10.0. The maximum absolute atomic E-state index is 12.1. The van der Waals surface area contributed by atoms with Crippen LogP contribution in [0.25, 0.3) is 0 Å². The summed E-state index contributed by atoms with van der Waals surface area (Å²) in [5.74, 6) is 0.400. The second-order valence-electron chi connectivity index (χ2n) is 6.21. The van der Waals surface area contributed by atoms with Crippen molar-refractivity contribution in [3.63, 3.8) is 0 Å². The molecule has 1 N–H and O–H groups in total. The largest absolute Gasteiger partial charge is 0.341 e. The molecule has 0 radical (unpaired) electrons. The predicted molar refractivity (Wildman–Crippen MR) is 84.3 cm³/mol. The van der Waals surface area contributed by atoms with Crippen molar-refractivity contribution >= 4 is 15.7 Å². The number of carbonyl (C=O) groups excluding carboxylic acids is 1. The number of nitrogens with zero attached hydrogens (tertiary/aromatic N) is 1. The van der Waals surface area contributed by atoms with E-state index in [1.807, 2.05) is 17.0 Å². The molecule has 6 heteroatoms. The molecule has 2 heterocycles. The molecule has 1 amide bonds. The van der Waals surface area contributed by atoms with E-state index in [-0.39, 0.29) is 23.7 Å². The Morgan fingerprint density at radius 2 is 2.14 bits per heavy atom. The fraction of sp³-hybridized carbons (Fsp3) is 0.562. The lowest BCUT2D eigenvalue weighted by molar-refractivity contribution is -0.127. The Morgan fingerprint density at radius 3 is 2.86 bits per heavy atom. The fourth-order valence-corrected chi connectivity index (χ4v) is 5.01. The minimum atomic E-state index is -3.15. The number of amides is 1. The van der Waals surface area contributed by atoms with Crippen LogP contribution < -0.4 is 5.32 Å². The standard InChI is InChI=1S/C16H22N2O3S/c1-12(11-18-9-4-7-16(18)19)17-14-8-10-22(20,21)15-6-3-2-5-13(14)15/h2-3,5-6,12,14,17H,4,7-11H2,1H3/t12-,14+/m1/s1. The molecule has 120 valence electrons. The summed E-state index contributed by atoms with van der Waals surface area (Å²) in [5.41, 5.74) is 0.855. The molecule has 0 bridgehead atoms. The third kappa shape index (κ3) is 3.03. The van der Waals surface area contributed by atoms with E-state index in [0.717, 1.165) is 18.5 Å². The van der Waals surface area contributed by atoms with Crippen molar-refractivity contribution in [3.8, 4) is 0 Å². The van der Waals surface area contributed by atoms with Crippen LogP contribution in [0.1, 0.15) is 37.8 Å². The normalized spacial score (nSPS) is 25.0. The molecule has 2 atom stereocenters. The first kappa shape index (κ1) is 15.5. The first-order valence-electron chi connectivity index (χ1n) is 7.83. The van der Waals surface area contributed by atoms with Gasteiger partial charge in [-0.05, 0) is 31.4 Å². The van der Waals surface area contributed by atoms with E-state index in [0.29, 0.717) is 24.3 Å². The molecule has 1 saturated heterocycles. The minimum Gasteiger partial charge on any atom is -0.341 e. The molecular weight excluding hydrogens is 300 g/mol. The molecule has 5 nitrogen and oxygen atoms in total. The smallest absolute Gasteiger partial charge is 0.222 e. The average molecular weight is 322 g/mol. The number of fused-ring (bicyclic) bond motifs is 1. The number of carbonyl (C=O) groups is 1. The van der Waals surface area contributed by atoms with Crippen molar-refractivity contribution in [1.82, 2.24) is 10.2 Å². The van der Waals surface area contributed by atoms with E-state index in [1.54, 1.807) is 12.1 Å². The third-order valence-electron chi connectivity index (χ3n) is 4.46. The number of benzene rings is 1. The van der Waals surface area contributed by atoms with Crippen LogP contribution in [0.4, 0.5) is 0 Å². The van der Waals surface area contributed by atoms with Gasteiger partial charge in [-0.15, -0.1) is 0 Å². The first-order valence-corrected chi connectivity index (χ1v) is 9.48. The molecule has 0 saturated carbocycles. The number of hydrogen-bond acceptors (Lipinski definition) is 4. The van der Waals surface area contributed by atoms with Crippen molar-refractivity contribution in [1.29, 1.82) is 0 Å². The quantitative estimate of drug-likeness (QED) is 0.912. The van der Waals surface area contributed by atoms with Gasteiger partial charge >= 0.3 is 0 Å². The molecule has 0 unspecified atom stereocenters. The summed E-state index contributed by atoms with van der Waals surface area (Å²) >= 11 is 0. The zero-order valence-electron chi connectivity index (χ0n) is 12.8. The van der Waals surface area contributed by atoms with E-state index >= 15 is 0 Å². The Balaban J connectivity index is 1.72. The van der Waals surface area contributed by atoms with E-state index in [2.05, 4.69) is 12.2 Å². The van der Waals surface area contributed by atoms with E-state index in [4.69, 9.17) is 0 Å². The summed E-state index contributed by atoms with van der Waals surface area (Å²) in [5, 5.41) is 3.50. The monoisotopic (exact) mass is 322 g/mol. The number of hydrogen-bond donors (Lipinski definition) is 1. The highest BCUT2D eigenvalue weighted by molar-refractivity contribution is 7.91. The van der Waals surface area contributed by atoms with Gasteiger partial charge in [-0.25, -0.2) is 8.42 Å². The number of likely N-dealkylation sites (tertiary alicyclic amines) is 1. The molecule has 0 spiro atoms. The van der Waals surface area contributed by atoms with Gasteiger partial charge in [0.15, 0.2) is 9.84 Å². The molecule has 2 aliphatic heterocycles. The van der Waals surface area contributed by atoms with E-state index in [1.165, 1.54) is 0 Å². The zero-order valence-corrected chi connectivity index (χ0v) is 13.6. The van der Waals surface area contributed by atoms with E-state index in [9.17, 15) is 13.2 Å². The van der Waals surface area contributed by atoms with Gasteiger partial charge in [-0.1, -0.05) is 18.2 Å². The summed E-state index contributed by atoms with van der Waals surface area (Å²) < 4.78 is 24.3. The SMILES string of the molecule is C[C@H](CN1CCCC1=O)N[C@H]1CCS(=O)(=O)c2ccccc21. The van der Waals surface area contributed by atoms with Crippen molar-refractivity contribution in [3.05, 3.63) is 29.8 Å². The molecule has 22 heavy (non-hydrogen) atoms. The van der Waals surface area contributed by atoms with Gasteiger partial charge in [0.2, 0.25) is 5.91 Å². The summed E-state index contributed by atoms with van der Waals surface area (Å²) in [4.78, 5) is 14.0. The summed E-state index contributed by atoms with van der Waals surface area (Å²) in [7, 11) is -3.15. The fourth-order valence-electron chi connectivity index (χ4n) is 3.39. The van der Waals surface area contributed by atoms with Crippen LogP contribution in [-0.2, 0) is 14.6 Å². The highest BCUT2D eigenvalue weighted by Gasteiger charge is 2.31. The van der Waals surface area contributed by atoms with Gasteiger partial charge in [0.1, 0.15) is 0 Å². The topological polar surface area (TPSA) is 66.5 Å². The van der Waals surface area contributed by atoms with Gasteiger partial charge in [-0.3, -0.25) is 4.79 Å². The Labute approximate surface area is 131 Å². The van der Waals surface area contributed by atoms with E-state index < -0.39 is 9.84 Å². The molecule has 0 aliphatic carbocycles. The summed E-state index contributed by atoms with van der Waals surface area (Å²) in [6.07, 6.45) is 2.17. The van der Waals surface area contributed by atoms with Gasteiger partial charge < -0.3 is 10.2 Å². The van der Waals surface area contributed by atoms with Crippen molar-refractivity contribution in [2.45, 2.75) is 43.2 Å². The summed E-state index contributed by atoms with van der Waals surface area (Å²) in [6.45, 7) is 3.57. The van der Waals surface area contributed by atoms with Crippen LogP contribution in [-0.4, -0.2) is 44.1 Å². The average Bonchev–Trinajstić information content (AvgIpc) is 2.88. The Hall–Kier alpha value is -1.40. The molecule has 0 aromatic heterocycles. The molecule has 3 rings (SSSR count). The van der Waals surface area contributed by atoms with Crippen LogP contribution in [0.5, 0.6) is 0 Å². The van der Waals surface area contributed by atoms with Crippen molar-refractivity contribution < 1.29 is 13.2 Å². The van der Waals surface area contributed by atoms with Crippen LogP contribution in [0.3, 0.4) is 0 Å². The molecule has 1 aromatic carbocycles. The number of nitrogens with one attached hydrogen (secondary N) is 1. The Kier molecular flexibility index (Phi) is 4.23. The van der Waals surface area contributed by atoms with Crippen LogP contribution in [0.15, 0.2) is 29.2 Å². The molecule has 1 aromatic rings. The van der Waals surface area contributed by atoms with Gasteiger partial charge in [-0.2, -0.15) is 0 Å². The summed E-state index contributed by atoms with van der Waals surface area (Å²) in [6, 6.07) is 7.40. The van der Waals surface area contributed by atoms with Crippen LogP contribution >= 0.6 is 0 Å². The van der Waals surface area contributed by atoms with Crippen LogP contribution in [0.2, 0.25) is 0 Å². The Bertz CT molecular complexity index is 672. The first-order chi connectivity index (χ1) is 10.5. The maximum Gasteiger partial charge on any atom is 0.222 e. The molecule has 2 aliphatic rings. The molecular formula is C16H22N2O3S. The lowest BCUT2D eigenvalue weighted by Crippen LogP contribution is -2.42. The highest BCUT2D eigenvalue weighted by Crippen LogP contribution is 2.32. The minimum absolute atomic E-state index is 0.0347. The van der Waals surface area contributed by atoms with Gasteiger partial charge in [0, 0.05) is 31.6 Å². The maximum atomic E-state index is 12.1. The second kappa shape index (κ2) is 6.01. The predicted octanol–water partition coefficient (Wildman–Crippen LogP) is 1.51. The number of rotatable bonds is 4. The Morgan fingerprint density at radius 1 is 1.36 bits per heavy atom. The van der Waals surface area contributed by atoms with Crippen LogP contribution in [0, 0.1) is 0 Å². The lowest BCUT2D eigenvalue weighted by Gasteiger charge is -2.30. The highest BCUT2D eigenvalue weighted by atomic mass is 32.2.